The van der Waals surface area contributed by atoms with Crippen molar-refractivity contribution in [2.24, 2.45) is 0 Å². The molecule has 6 nitrogen and oxygen atoms in total. The van der Waals surface area contributed by atoms with Crippen molar-refractivity contribution in [3.05, 3.63) is 20.8 Å². The van der Waals surface area contributed by atoms with E-state index in [0.29, 0.717) is 11.4 Å². The molecule has 0 fully saturated rings. The molecule has 0 unspecified atom stereocenters. The molecule has 0 saturated heterocycles. The average molecular weight is 256 g/mol. The fourth-order valence-electron chi connectivity index (χ4n) is 0.979. The topological polar surface area (TPSA) is 100 Å². The molecule has 0 saturated carbocycles. The summed E-state index contributed by atoms with van der Waals surface area (Å²) in [5.74, 6) is -2.21. The Morgan fingerprint density at radius 3 is 1.56 bits per heavy atom. The van der Waals surface area contributed by atoms with E-state index in [2.05, 4.69) is 9.97 Å². The molecule has 0 bridgehead atoms. The quantitative estimate of drug-likeness (QED) is 0.866. The normalized spacial score (nSPS) is 10.2. The maximum absolute atomic E-state index is 10.6. The number of hydrogen-bond acceptors (Lipinski definition) is 6. The lowest BCUT2D eigenvalue weighted by Crippen LogP contribution is -1.95. The second kappa shape index (κ2) is 3.99. The first kappa shape index (κ1) is 10.7. The molecule has 2 N–H and O–H groups in total. The van der Waals surface area contributed by atoms with Gasteiger partial charge in [0.1, 0.15) is 11.4 Å². The van der Waals surface area contributed by atoms with Gasteiger partial charge in [-0.3, -0.25) is 0 Å². The van der Waals surface area contributed by atoms with Crippen molar-refractivity contribution in [3.8, 4) is 11.4 Å². The van der Waals surface area contributed by atoms with Crippen molar-refractivity contribution in [3.63, 3.8) is 0 Å². The molecule has 0 spiro atoms. The lowest BCUT2D eigenvalue weighted by molar-refractivity contribution is 0.0685. The number of aromatic carboxylic acids is 2. The Kier molecular flexibility index (Phi) is 2.67. The third-order valence-corrected chi connectivity index (χ3v) is 3.30. The van der Waals surface area contributed by atoms with Crippen LogP contribution in [0.5, 0.6) is 0 Å². The van der Waals surface area contributed by atoms with Gasteiger partial charge in [0.2, 0.25) is 10.0 Å². The predicted octanol–water partition coefficient (Wildman–Crippen LogP) is 1.66. The van der Waals surface area contributed by atoms with E-state index in [-0.39, 0.29) is 10.0 Å². The highest BCUT2D eigenvalue weighted by atomic mass is 32.1. The van der Waals surface area contributed by atoms with Crippen LogP contribution in [0.2, 0.25) is 0 Å². The van der Waals surface area contributed by atoms with E-state index < -0.39 is 11.9 Å². The van der Waals surface area contributed by atoms with Crippen LogP contribution in [0.4, 0.5) is 0 Å². The van der Waals surface area contributed by atoms with Crippen molar-refractivity contribution < 1.29 is 19.8 Å². The minimum Gasteiger partial charge on any atom is -0.476 e. The molecule has 0 atom stereocenters. The molecule has 0 amide bonds. The summed E-state index contributed by atoms with van der Waals surface area (Å²) in [6.45, 7) is 0. The highest BCUT2D eigenvalue weighted by Crippen LogP contribution is 2.23. The van der Waals surface area contributed by atoms with Crippen LogP contribution >= 0.6 is 22.7 Å². The molecular formula is C8H4N2O4S2. The van der Waals surface area contributed by atoms with E-state index in [0.717, 1.165) is 22.7 Å². The minimum atomic E-state index is -1.11. The molecule has 0 aliphatic rings. The summed E-state index contributed by atoms with van der Waals surface area (Å²) >= 11 is 1.95. The van der Waals surface area contributed by atoms with Crippen LogP contribution in [0.3, 0.4) is 0 Å². The van der Waals surface area contributed by atoms with Gasteiger partial charge in [0.05, 0.1) is 0 Å². The molecule has 0 aliphatic carbocycles. The summed E-state index contributed by atoms with van der Waals surface area (Å²) in [5.41, 5.74) is 0.761. The Bertz CT molecular complexity index is 510. The first-order valence-corrected chi connectivity index (χ1v) is 5.72. The van der Waals surface area contributed by atoms with Crippen molar-refractivity contribution in [1.82, 2.24) is 9.97 Å². The van der Waals surface area contributed by atoms with Crippen molar-refractivity contribution in [2.75, 3.05) is 0 Å². The number of carboxylic acids is 2. The van der Waals surface area contributed by atoms with Gasteiger partial charge in [-0.1, -0.05) is 0 Å². The first-order valence-electron chi connectivity index (χ1n) is 3.96. The Balaban J connectivity index is 2.35. The van der Waals surface area contributed by atoms with Crippen LogP contribution in [0.1, 0.15) is 19.6 Å². The number of carboxylic acid groups (broad SMARTS) is 2. The van der Waals surface area contributed by atoms with E-state index in [1.165, 1.54) is 10.8 Å². The zero-order valence-electron chi connectivity index (χ0n) is 7.58. The summed E-state index contributed by atoms with van der Waals surface area (Å²) < 4.78 is 0. The Hall–Kier alpha value is -1.80. The van der Waals surface area contributed by atoms with Crippen LogP contribution in [-0.2, 0) is 0 Å². The summed E-state index contributed by atoms with van der Waals surface area (Å²) in [5, 5.41) is 20.3. The van der Waals surface area contributed by atoms with Gasteiger partial charge in [0, 0.05) is 10.8 Å². The van der Waals surface area contributed by atoms with E-state index in [1.807, 2.05) is 0 Å². The number of rotatable bonds is 3. The second-order valence-electron chi connectivity index (χ2n) is 2.69. The van der Waals surface area contributed by atoms with Gasteiger partial charge in [-0.2, -0.15) is 0 Å². The molecule has 2 aromatic rings. The van der Waals surface area contributed by atoms with Crippen molar-refractivity contribution in [2.45, 2.75) is 0 Å². The number of carbonyl (C=O) groups is 2. The number of aromatic nitrogens is 2. The van der Waals surface area contributed by atoms with Gasteiger partial charge >= 0.3 is 11.9 Å². The highest BCUT2D eigenvalue weighted by Gasteiger charge is 2.14. The molecule has 8 heteroatoms. The summed E-state index contributed by atoms with van der Waals surface area (Å²) in [6.07, 6.45) is 0. The number of thiazole rings is 2. The van der Waals surface area contributed by atoms with Crippen molar-refractivity contribution >= 4 is 34.6 Å². The molecule has 82 valence electrons. The summed E-state index contributed by atoms with van der Waals surface area (Å²) in [4.78, 5) is 28.8. The zero-order valence-corrected chi connectivity index (χ0v) is 9.21. The zero-order chi connectivity index (χ0) is 11.7. The second-order valence-corrected chi connectivity index (χ2v) is 4.40. The van der Waals surface area contributed by atoms with Crippen LogP contribution in [0, 0.1) is 0 Å². The monoisotopic (exact) mass is 256 g/mol. The van der Waals surface area contributed by atoms with Gasteiger partial charge in [0.15, 0.2) is 0 Å². The van der Waals surface area contributed by atoms with Crippen LogP contribution < -0.4 is 0 Å². The minimum absolute atomic E-state index is 0.0418. The average Bonchev–Trinajstić information content (AvgIpc) is 2.86. The molecular weight excluding hydrogens is 252 g/mol. The van der Waals surface area contributed by atoms with E-state index in [9.17, 15) is 9.59 Å². The Morgan fingerprint density at radius 2 is 1.31 bits per heavy atom. The third-order valence-electron chi connectivity index (χ3n) is 1.64. The Morgan fingerprint density at radius 1 is 0.938 bits per heavy atom. The lowest BCUT2D eigenvalue weighted by Gasteiger charge is -1.86. The van der Waals surface area contributed by atoms with E-state index >= 15 is 0 Å². The lowest BCUT2D eigenvalue weighted by atomic mass is 10.4. The fraction of sp³-hybridized carbons (Fsp3) is 0. The maximum Gasteiger partial charge on any atom is 0.365 e. The molecule has 2 rings (SSSR count). The Labute approximate surface area is 96.8 Å². The van der Waals surface area contributed by atoms with Gasteiger partial charge in [-0.05, 0) is 0 Å². The van der Waals surface area contributed by atoms with Crippen molar-refractivity contribution in [1.29, 1.82) is 0 Å². The largest absolute Gasteiger partial charge is 0.476 e. The number of nitrogens with zero attached hydrogens (tertiary/aromatic N) is 2. The van der Waals surface area contributed by atoms with Crippen LogP contribution in [0.25, 0.3) is 11.4 Å². The van der Waals surface area contributed by atoms with Crippen LogP contribution in [-0.4, -0.2) is 32.1 Å². The maximum atomic E-state index is 10.6. The summed E-state index contributed by atoms with van der Waals surface area (Å²) in [7, 11) is 0. The SMILES string of the molecule is O=C(O)c1nc(-c2csc(C(=O)O)n2)cs1. The number of hydrogen-bond donors (Lipinski definition) is 2. The van der Waals surface area contributed by atoms with Gasteiger partial charge < -0.3 is 10.2 Å². The molecule has 0 aromatic carbocycles. The highest BCUT2D eigenvalue weighted by molar-refractivity contribution is 7.12. The predicted molar refractivity (Wildman–Crippen MR) is 57.1 cm³/mol. The van der Waals surface area contributed by atoms with E-state index in [4.69, 9.17) is 10.2 Å². The third kappa shape index (κ3) is 1.92. The fourth-order valence-corrected chi connectivity index (χ4v) is 2.28. The molecule has 2 heterocycles. The summed E-state index contributed by atoms with van der Waals surface area (Å²) in [6, 6.07) is 0. The molecule has 16 heavy (non-hydrogen) atoms. The molecule has 2 aromatic heterocycles. The van der Waals surface area contributed by atoms with E-state index in [1.54, 1.807) is 0 Å². The van der Waals surface area contributed by atoms with Crippen LogP contribution in [0.15, 0.2) is 10.8 Å². The van der Waals surface area contributed by atoms with Gasteiger partial charge in [-0.25, -0.2) is 19.6 Å². The standard InChI is InChI=1S/C8H4N2O4S2/c11-7(12)5-9-3(1-15-5)4-2-16-6(10-4)8(13)14/h1-2H,(H,11,12)(H,13,14). The van der Waals surface area contributed by atoms with Gasteiger partial charge in [-0.15, -0.1) is 22.7 Å². The molecule has 0 radical (unpaired) electrons. The first-order chi connectivity index (χ1) is 7.58. The smallest absolute Gasteiger partial charge is 0.365 e. The van der Waals surface area contributed by atoms with Gasteiger partial charge in [0.25, 0.3) is 0 Å². The molecule has 0 aliphatic heterocycles.